The Bertz CT molecular complexity index is 698. The van der Waals surface area contributed by atoms with Gasteiger partial charge in [0.15, 0.2) is 0 Å². The third-order valence-electron chi connectivity index (χ3n) is 7.12. The number of hydrogen-bond acceptors (Lipinski definition) is 6. The van der Waals surface area contributed by atoms with E-state index in [-0.39, 0.29) is 30.8 Å². The topological polar surface area (TPSA) is 128 Å². The highest BCUT2D eigenvalue weighted by Gasteiger charge is 2.35. The summed E-state index contributed by atoms with van der Waals surface area (Å²) in [5.74, 6) is -0.202. The first-order chi connectivity index (χ1) is 17.4. The minimum atomic E-state index is -0.611. The fraction of sp³-hybridized carbons (Fsp3) is 0.846. The maximum absolute atomic E-state index is 12.9. The standard InChI is InChI=1S/C26H48N6O4/c1-30-20-25(35)32(21-24(30)34)22(12-9-10-14-27)26(36)29-15-11-7-5-3-2-4-6-8-13-23(33)31-18-16-28-17-19-31/h22,28H,2-21,27H2,1H3,(H,29,36)/t22-/m0/s1. The number of nitrogens with one attached hydrogen (secondary N) is 2. The molecule has 10 nitrogen and oxygen atoms in total. The molecular weight excluding hydrogens is 460 g/mol. The molecule has 0 spiro atoms. The van der Waals surface area contributed by atoms with E-state index < -0.39 is 6.04 Å². The fourth-order valence-corrected chi connectivity index (χ4v) is 4.79. The molecule has 0 saturated carbocycles. The van der Waals surface area contributed by atoms with Crippen LogP contribution in [0.4, 0.5) is 0 Å². The second kappa shape index (κ2) is 17.3. The smallest absolute Gasteiger partial charge is 0.243 e. The van der Waals surface area contributed by atoms with Gasteiger partial charge in [0.2, 0.25) is 23.6 Å². The number of unbranched alkanes of at least 4 members (excludes halogenated alkanes) is 8. The summed E-state index contributed by atoms with van der Waals surface area (Å²) < 4.78 is 0. The van der Waals surface area contributed by atoms with E-state index in [0.29, 0.717) is 31.8 Å². The normalized spacial score (nSPS) is 17.4. The summed E-state index contributed by atoms with van der Waals surface area (Å²) in [5.41, 5.74) is 5.59. The van der Waals surface area contributed by atoms with Crippen LogP contribution in [-0.2, 0) is 19.2 Å². The molecule has 0 aromatic rings. The van der Waals surface area contributed by atoms with Crippen molar-refractivity contribution in [3.05, 3.63) is 0 Å². The van der Waals surface area contributed by atoms with Gasteiger partial charge in [0.25, 0.3) is 0 Å². The van der Waals surface area contributed by atoms with Gasteiger partial charge in [-0.2, -0.15) is 0 Å². The van der Waals surface area contributed by atoms with E-state index >= 15 is 0 Å². The van der Waals surface area contributed by atoms with Crippen molar-refractivity contribution in [3.63, 3.8) is 0 Å². The minimum Gasteiger partial charge on any atom is -0.354 e. The molecular formula is C26H48N6O4. The lowest BCUT2D eigenvalue weighted by atomic mass is 10.0. The molecule has 2 heterocycles. The molecule has 2 saturated heterocycles. The molecule has 2 fully saturated rings. The molecule has 0 bridgehead atoms. The van der Waals surface area contributed by atoms with E-state index in [4.69, 9.17) is 5.73 Å². The highest BCUT2D eigenvalue weighted by Crippen LogP contribution is 2.15. The third kappa shape index (κ3) is 10.8. The van der Waals surface area contributed by atoms with E-state index in [1.807, 2.05) is 4.90 Å². The first kappa shape index (κ1) is 30.0. The van der Waals surface area contributed by atoms with Crippen LogP contribution in [0.25, 0.3) is 0 Å². The van der Waals surface area contributed by atoms with Gasteiger partial charge in [-0.1, -0.05) is 38.5 Å². The van der Waals surface area contributed by atoms with Gasteiger partial charge < -0.3 is 31.1 Å². The van der Waals surface area contributed by atoms with Crippen molar-refractivity contribution in [2.45, 2.75) is 83.1 Å². The number of rotatable bonds is 17. The Morgan fingerprint density at radius 3 is 2.19 bits per heavy atom. The van der Waals surface area contributed by atoms with E-state index in [1.54, 1.807) is 7.05 Å². The molecule has 2 aliphatic heterocycles. The molecule has 0 radical (unpaired) electrons. The van der Waals surface area contributed by atoms with Crippen LogP contribution >= 0.6 is 0 Å². The maximum atomic E-state index is 12.9. The van der Waals surface area contributed by atoms with Crippen LogP contribution < -0.4 is 16.4 Å². The Morgan fingerprint density at radius 2 is 1.53 bits per heavy atom. The monoisotopic (exact) mass is 508 g/mol. The Balaban J connectivity index is 1.54. The summed E-state index contributed by atoms with van der Waals surface area (Å²) >= 11 is 0. The summed E-state index contributed by atoms with van der Waals surface area (Å²) in [4.78, 5) is 54.4. The predicted octanol–water partition coefficient (Wildman–Crippen LogP) is 0.844. The molecule has 206 valence electrons. The van der Waals surface area contributed by atoms with Crippen molar-refractivity contribution in [1.29, 1.82) is 0 Å². The van der Waals surface area contributed by atoms with Crippen molar-refractivity contribution in [2.24, 2.45) is 5.73 Å². The average Bonchev–Trinajstić information content (AvgIpc) is 2.88. The number of carbonyl (C=O) groups excluding carboxylic acids is 4. The molecule has 4 N–H and O–H groups in total. The average molecular weight is 509 g/mol. The van der Waals surface area contributed by atoms with Crippen LogP contribution in [0.3, 0.4) is 0 Å². The zero-order chi connectivity index (χ0) is 26.2. The van der Waals surface area contributed by atoms with Gasteiger partial charge in [-0.25, -0.2) is 0 Å². The zero-order valence-corrected chi connectivity index (χ0v) is 22.3. The lowest BCUT2D eigenvalue weighted by Crippen LogP contribution is -2.59. The first-order valence-corrected chi connectivity index (χ1v) is 13.9. The molecule has 0 unspecified atom stereocenters. The Morgan fingerprint density at radius 1 is 0.889 bits per heavy atom. The molecule has 2 rings (SSSR count). The lowest BCUT2D eigenvalue weighted by Gasteiger charge is -2.36. The molecule has 2 aliphatic rings. The summed E-state index contributed by atoms with van der Waals surface area (Å²) in [6, 6.07) is -0.611. The Hall–Kier alpha value is -2.20. The maximum Gasteiger partial charge on any atom is 0.243 e. The number of likely N-dealkylation sites (N-methyl/N-ethyl adjacent to an activating group) is 1. The molecule has 10 heteroatoms. The number of amides is 4. The molecule has 0 aliphatic carbocycles. The quantitative estimate of drug-likeness (QED) is 0.250. The van der Waals surface area contributed by atoms with Crippen molar-refractivity contribution in [1.82, 2.24) is 25.3 Å². The highest BCUT2D eigenvalue weighted by atomic mass is 16.2. The van der Waals surface area contributed by atoms with Crippen LogP contribution in [0, 0.1) is 0 Å². The number of piperazine rings is 2. The Kier molecular flexibility index (Phi) is 14.4. The minimum absolute atomic E-state index is 0.0198. The van der Waals surface area contributed by atoms with E-state index in [0.717, 1.165) is 77.5 Å². The Labute approximate surface area is 216 Å². The molecule has 36 heavy (non-hydrogen) atoms. The predicted molar refractivity (Wildman–Crippen MR) is 140 cm³/mol. The SMILES string of the molecule is CN1CC(=O)N([C@@H](CCCCN)C(=O)NCCCCCCCCCCC(=O)N2CCNCC2)CC1=O. The number of nitrogens with zero attached hydrogens (tertiary/aromatic N) is 3. The third-order valence-corrected chi connectivity index (χ3v) is 7.12. The second-order valence-corrected chi connectivity index (χ2v) is 10.1. The first-order valence-electron chi connectivity index (χ1n) is 13.9. The van der Waals surface area contributed by atoms with E-state index in [1.165, 1.54) is 22.6 Å². The zero-order valence-electron chi connectivity index (χ0n) is 22.3. The van der Waals surface area contributed by atoms with Crippen LogP contribution in [0.5, 0.6) is 0 Å². The molecule has 0 aromatic carbocycles. The van der Waals surface area contributed by atoms with Crippen LogP contribution in [0.1, 0.15) is 77.0 Å². The van der Waals surface area contributed by atoms with Gasteiger partial charge in [0.05, 0.1) is 6.54 Å². The molecule has 1 atom stereocenters. The van der Waals surface area contributed by atoms with Crippen molar-refractivity contribution < 1.29 is 19.2 Å². The van der Waals surface area contributed by atoms with Crippen LogP contribution in [-0.4, -0.2) is 104 Å². The summed E-state index contributed by atoms with van der Waals surface area (Å²) in [5, 5.41) is 6.25. The number of hydrogen-bond donors (Lipinski definition) is 3. The van der Waals surface area contributed by atoms with Crippen LogP contribution in [0.2, 0.25) is 0 Å². The summed E-state index contributed by atoms with van der Waals surface area (Å²) in [6.07, 6.45) is 11.4. The van der Waals surface area contributed by atoms with Gasteiger partial charge in [0.1, 0.15) is 12.6 Å². The highest BCUT2D eigenvalue weighted by molar-refractivity contribution is 5.96. The van der Waals surface area contributed by atoms with Crippen molar-refractivity contribution in [3.8, 4) is 0 Å². The molecule has 0 aromatic heterocycles. The van der Waals surface area contributed by atoms with Gasteiger partial charge in [-0.05, 0) is 38.6 Å². The van der Waals surface area contributed by atoms with Gasteiger partial charge >= 0.3 is 0 Å². The van der Waals surface area contributed by atoms with Crippen molar-refractivity contribution >= 4 is 23.6 Å². The van der Waals surface area contributed by atoms with E-state index in [9.17, 15) is 19.2 Å². The fourth-order valence-electron chi connectivity index (χ4n) is 4.79. The largest absolute Gasteiger partial charge is 0.354 e. The summed E-state index contributed by atoms with van der Waals surface area (Å²) in [7, 11) is 1.61. The lowest BCUT2D eigenvalue weighted by molar-refractivity contribution is -0.153. The van der Waals surface area contributed by atoms with Gasteiger partial charge in [0, 0.05) is 46.2 Å². The second-order valence-electron chi connectivity index (χ2n) is 10.1. The van der Waals surface area contributed by atoms with Gasteiger partial charge in [-0.15, -0.1) is 0 Å². The number of carbonyl (C=O) groups is 4. The van der Waals surface area contributed by atoms with Crippen molar-refractivity contribution in [2.75, 3.05) is 59.4 Å². The molecule has 4 amide bonds. The summed E-state index contributed by atoms with van der Waals surface area (Å²) in [6.45, 7) is 4.58. The van der Waals surface area contributed by atoms with Crippen LogP contribution in [0.15, 0.2) is 0 Å². The van der Waals surface area contributed by atoms with E-state index in [2.05, 4.69) is 10.6 Å². The number of nitrogens with two attached hydrogens (primary N) is 1. The van der Waals surface area contributed by atoms with Gasteiger partial charge in [-0.3, -0.25) is 19.2 Å².